The minimum Gasteiger partial charge on any atom is -0.406 e. The first-order chi connectivity index (χ1) is 21.2. The molecular weight excluding hydrogens is 561 g/mol. The summed E-state index contributed by atoms with van der Waals surface area (Å²) in [6, 6.07) is 29.6. The molecule has 0 fully saturated rings. The zero-order valence-corrected chi connectivity index (χ0v) is 23.1. The van der Waals surface area contributed by atoms with Crippen molar-refractivity contribution in [2.24, 2.45) is 10.1 Å². The van der Waals surface area contributed by atoms with Gasteiger partial charge in [0.2, 0.25) is 6.19 Å². The van der Waals surface area contributed by atoms with Crippen LogP contribution in [0.3, 0.4) is 0 Å². The van der Waals surface area contributed by atoms with Gasteiger partial charge in [0.25, 0.3) is 0 Å². The molecule has 7 rings (SSSR count). The number of ether oxygens (including phenoxy) is 1. The van der Waals surface area contributed by atoms with Crippen molar-refractivity contribution in [3.63, 3.8) is 0 Å². The van der Waals surface area contributed by atoms with Gasteiger partial charge in [0.05, 0.1) is 10.5 Å². The molecule has 0 aliphatic heterocycles. The van der Waals surface area contributed by atoms with E-state index in [1.165, 1.54) is 18.2 Å². The van der Waals surface area contributed by atoms with Crippen LogP contribution in [0.1, 0.15) is 5.56 Å². The van der Waals surface area contributed by atoms with Gasteiger partial charge < -0.3 is 4.74 Å². The summed E-state index contributed by atoms with van der Waals surface area (Å²) in [6.07, 6.45) is -2.89. The topological polar surface area (TPSA) is 62.1 Å². The Morgan fingerprint density at radius 3 is 1.80 bits per heavy atom. The summed E-state index contributed by atoms with van der Waals surface area (Å²) in [6.45, 7) is 9.58. The van der Waals surface area contributed by atoms with E-state index in [1.54, 1.807) is 6.07 Å². The van der Waals surface area contributed by atoms with Crippen LogP contribution >= 0.6 is 0 Å². The number of rotatable bonds is 3. The van der Waals surface area contributed by atoms with Crippen LogP contribution < -0.4 is 15.5 Å². The second-order valence-electron chi connectivity index (χ2n) is 10.5. The molecule has 0 heterocycles. The van der Waals surface area contributed by atoms with Crippen LogP contribution in [0, 0.1) is 25.0 Å². The maximum atomic E-state index is 12.8. The molecule has 0 radical (unpaired) electrons. The van der Waals surface area contributed by atoms with Crippen LogP contribution in [0.5, 0.6) is 5.75 Å². The Labute approximate surface area is 248 Å². The lowest BCUT2D eigenvalue weighted by Gasteiger charge is -2.10. The molecular formula is C36H19F3N4O. The fraction of sp³-hybridized carbons (Fsp3) is 0.0556. The van der Waals surface area contributed by atoms with Crippen LogP contribution in [0.4, 0.5) is 13.2 Å². The number of nitriles is 1. The standard InChI is InChI=1S/C36H19F3N4O/c1-20-5-3-6-21(13-20)23-9-12-27-29-17-32-28(18-33(29)35(43-41-2)31(27)16-23)26-11-10-24(15-30(26)34(32)42-19-40)22-7-4-8-25(14-22)44-36(37,38)39/h3-18H,1H3/b42-34?,43-35+. The Kier molecular flexibility index (Phi) is 6.16. The molecule has 5 nitrogen and oxygen atoms in total. The molecule has 210 valence electrons. The van der Waals surface area contributed by atoms with Crippen LogP contribution in [-0.4, -0.2) is 6.36 Å². The van der Waals surface area contributed by atoms with E-state index in [4.69, 9.17) is 6.57 Å². The maximum Gasteiger partial charge on any atom is 0.573 e. The van der Waals surface area contributed by atoms with Crippen molar-refractivity contribution in [3.05, 3.63) is 125 Å². The highest BCUT2D eigenvalue weighted by Gasteiger charge is 2.31. The van der Waals surface area contributed by atoms with Crippen molar-refractivity contribution in [2.45, 2.75) is 13.3 Å². The van der Waals surface area contributed by atoms with E-state index in [2.05, 4.69) is 31.9 Å². The number of benzene rings is 5. The quantitative estimate of drug-likeness (QED) is 0.119. The van der Waals surface area contributed by atoms with Gasteiger partial charge in [0.1, 0.15) is 5.75 Å². The van der Waals surface area contributed by atoms with E-state index in [0.29, 0.717) is 27.2 Å². The molecule has 0 aromatic heterocycles. The molecule has 0 saturated carbocycles. The van der Waals surface area contributed by atoms with E-state index >= 15 is 0 Å². The summed E-state index contributed by atoms with van der Waals surface area (Å²) in [5.41, 5.74) is 4.39. The lowest BCUT2D eigenvalue weighted by atomic mass is 10.0. The van der Waals surface area contributed by atoms with Gasteiger partial charge in [-0.05, 0) is 87.1 Å². The molecule has 7 aromatic rings. The fourth-order valence-electron chi connectivity index (χ4n) is 6.06. The van der Waals surface area contributed by atoms with Crippen LogP contribution in [0.25, 0.3) is 70.3 Å². The minimum atomic E-state index is -4.80. The van der Waals surface area contributed by atoms with Gasteiger partial charge in [-0.25, -0.2) is 0 Å². The smallest absolute Gasteiger partial charge is 0.406 e. The summed E-state index contributed by atoms with van der Waals surface area (Å²) in [5, 5.41) is 21.4. The van der Waals surface area contributed by atoms with Gasteiger partial charge >= 0.3 is 6.36 Å². The molecule has 0 amide bonds. The number of halogens is 3. The number of aryl methyl sites for hydroxylation is 1. The Morgan fingerprint density at radius 2 is 1.20 bits per heavy atom. The molecule has 0 atom stereocenters. The lowest BCUT2D eigenvalue weighted by Crippen LogP contribution is -2.17. The van der Waals surface area contributed by atoms with Gasteiger partial charge in [-0.2, -0.15) is 16.8 Å². The third-order valence-corrected chi connectivity index (χ3v) is 7.86. The monoisotopic (exact) mass is 580 g/mol. The number of hydrogen-bond acceptors (Lipinski definition) is 4. The Morgan fingerprint density at radius 1 is 0.659 bits per heavy atom. The third-order valence-electron chi connectivity index (χ3n) is 7.86. The zero-order valence-electron chi connectivity index (χ0n) is 23.1. The average Bonchev–Trinajstić information content (AvgIpc) is 3.46. The van der Waals surface area contributed by atoms with Gasteiger partial charge in [0.15, 0.2) is 5.36 Å². The highest BCUT2D eigenvalue weighted by molar-refractivity contribution is 6.21. The third kappa shape index (κ3) is 4.50. The first-order valence-corrected chi connectivity index (χ1v) is 13.6. The van der Waals surface area contributed by atoms with Gasteiger partial charge in [-0.3, -0.25) is 0 Å². The van der Waals surface area contributed by atoms with E-state index in [1.807, 2.05) is 73.8 Å². The Bertz CT molecular complexity index is 2510. The molecule has 44 heavy (non-hydrogen) atoms. The van der Waals surface area contributed by atoms with Gasteiger partial charge in [-0.15, -0.1) is 18.1 Å². The largest absolute Gasteiger partial charge is 0.573 e. The molecule has 0 bridgehead atoms. The summed E-state index contributed by atoms with van der Waals surface area (Å²) in [5.74, 6) is -0.322. The van der Waals surface area contributed by atoms with Crippen molar-refractivity contribution >= 4 is 43.1 Å². The molecule has 0 saturated heterocycles. The van der Waals surface area contributed by atoms with E-state index in [-0.39, 0.29) is 5.75 Å². The maximum absolute atomic E-state index is 12.8. The zero-order chi connectivity index (χ0) is 30.6. The summed E-state index contributed by atoms with van der Waals surface area (Å²) < 4.78 is 42.6. The predicted octanol–water partition coefficient (Wildman–Crippen LogP) is 8.83. The highest BCUT2D eigenvalue weighted by Crippen LogP contribution is 2.36. The second kappa shape index (κ2) is 10.1. The van der Waals surface area contributed by atoms with Crippen molar-refractivity contribution in [1.29, 1.82) is 5.26 Å². The van der Waals surface area contributed by atoms with Crippen LogP contribution in [0.2, 0.25) is 0 Å². The molecule has 0 aliphatic carbocycles. The number of nitrogens with zero attached hydrogens (tertiary/aromatic N) is 4. The average molecular weight is 581 g/mol. The van der Waals surface area contributed by atoms with Crippen LogP contribution in [0.15, 0.2) is 107 Å². The van der Waals surface area contributed by atoms with Crippen molar-refractivity contribution in [3.8, 4) is 34.2 Å². The Balaban J connectivity index is 1.48. The number of alkyl halides is 3. The first kappa shape index (κ1) is 26.9. The lowest BCUT2D eigenvalue weighted by molar-refractivity contribution is -0.274. The normalized spacial score (nSPS) is 12.8. The molecule has 8 heteroatoms. The van der Waals surface area contributed by atoms with Crippen molar-refractivity contribution in [1.82, 2.24) is 0 Å². The highest BCUT2D eigenvalue weighted by atomic mass is 19.4. The molecule has 0 unspecified atom stereocenters. The SMILES string of the molecule is [C-]#[N+]/N=c1\c2cc(-c3cccc(C)c3)ccc2c2cc3c(=NC#N)c4cc(-c5cccc(OC(F)(F)F)c5)ccc4c3cc12. The van der Waals surface area contributed by atoms with Gasteiger partial charge in [-0.1, -0.05) is 66.2 Å². The number of hydrogen-bond donors (Lipinski definition) is 0. The van der Waals surface area contributed by atoms with Gasteiger partial charge in [0, 0.05) is 21.5 Å². The second-order valence-corrected chi connectivity index (χ2v) is 10.5. The number of fused-ring (bicyclic) bond motifs is 6. The first-order valence-electron chi connectivity index (χ1n) is 13.6. The summed E-state index contributed by atoms with van der Waals surface area (Å²) in [7, 11) is 0. The molecule has 0 aliphatic rings. The Hall–Kier alpha value is -5.99. The van der Waals surface area contributed by atoms with E-state index in [9.17, 15) is 18.4 Å². The molecule has 7 aromatic carbocycles. The summed E-state index contributed by atoms with van der Waals surface area (Å²) in [4.78, 5) is 7.56. The molecule has 0 spiro atoms. The molecule has 0 N–H and O–H groups in total. The summed E-state index contributed by atoms with van der Waals surface area (Å²) >= 11 is 0. The predicted molar refractivity (Wildman–Crippen MR) is 164 cm³/mol. The minimum absolute atomic E-state index is 0.322. The van der Waals surface area contributed by atoms with Crippen LogP contribution in [-0.2, 0) is 0 Å². The van der Waals surface area contributed by atoms with Crippen molar-refractivity contribution in [2.75, 3.05) is 0 Å². The fourth-order valence-corrected chi connectivity index (χ4v) is 6.06. The van der Waals surface area contributed by atoms with E-state index < -0.39 is 6.36 Å². The van der Waals surface area contributed by atoms with E-state index in [0.717, 1.165) is 54.4 Å². The van der Waals surface area contributed by atoms with Crippen molar-refractivity contribution < 1.29 is 17.9 Å².